The van der Waals surface area contributed by atoms with E-state index in [9.17, 15) is 24.3 Å². The highest BCUT2D eigenvalue weighted by Crippen LogP contribution is 2.49. The number of nitrogens with one attached hydrogen (secondary N) is 2. The molecule has 3 aliphatic rings. The van der Waals surface area contributed by atoms with Crippen molar-refractivity contribution in [3.05, 3.63) is 52.6 Å². The van der Waals surface area contributed by atoms with E-state index in [1.165, 1.54) is 12.0 Å². The molecule has 14 heteroatoms. The minimum atomic E-state index is -1.79. The first kappa shape index (κ1) is 36.9. The van der Waals surface area contributed by atoms with Crippen molar-refractivity contribution < 1.29 is 43.2 Å². The van der Waals surface area contributed by atoms with E-state index in [-0.39, 0.29) is 36.4 Å². The number of epoxide rings is 1. The Labute approximate surface area is 288 Å². The molecule has 4 bridgehead atoms. The summed E-state index contributed by atoms with van der Waals surface area (Å²) < 4.78 is 23.4. The molecular weight excluding hydrogens is 698 g/mol. The minimum Gasteiger partial charge on any atom is -0.459 e. The number of alkyl halides is 1. The number of benzene rings is 1. The van der Waals surface area contributed by atoms with Gasteiger partial charge >= 0.3 is 12.1 Å². The fourth-order valence-corrected chi connectivity index (χ4v) is 6.58. The lowest BCUT2D eigenvalue weighted by Gasteiger charge is -2.42. The smallest absolute Gasteiger partial charge is 0.409 e. The molecule has 0 aromatic heterocycles. The van der Waals surface area contributed by atoms with Gasteiger partial charge in [-0.2, -0.15) is 0 Å². The maximum absolute atomic E-state index is 13.8. The number of esters is 1. The van der Waals surface area contributed by atoms with Gasteiger partial charge in [-0.1, -0.05) is 58.2 Å². The Balaban J connectivity index is 1.71. The summed E-state index contributed by atoms with van der Waals surface area (Å²) in [6, 6.07) is 4.88. The molecule has 4 rings (SSSR count). The molecule has 0 saturated carbocycles. The van der Waals surface area contributed by atoms with Gasteiger partial charge in [0, 0.05) is 32.5 Å². The molecule has 2 fully saturated rings. The van der Waals surface area contributed by atoms with Gasteiger partial charge in [0.1, 0.15) is 23.9 Å². The second-order valence-corrected chi connectivity index (χ2v) is 13.6. The van der Waals surface area contributed by atoms with Crippen LogP contribution in [0.4, 0.5) is 10.5 Å². The quantitative estimate of drug-likeness (QED) is 0.223. The topological polar surface area (TPSA) is 156 Å². The Morgan fingerprint density at radius 3 is 2.72 bits per heavy atom. The van der Waals surface area contributed by atoms with Crippen molar-refractivity contribution in [2.75, 3.05) is 24.4 Å². The van der Waals surface area contributed by atoms with Crippen LogP contribution in [0.5, 0.6) is 0 Å². The monoisotopic (exact) mass is 739 g/mol. The summed E-state index contributed by atoms with van der Waals surface area (Å²) in [5, 5.41) is 17.3. The fourth-order valence-electron chi connectivity index (χ4n) is 6.18. The van der Waals surface area contributed by atoms with Gasteiger partial charge in [0.05, 0.1) is 35.0 Å². The molecular formula is C33H43BrClN3O9. The third-order valence-corrected chi connectivity index (χ3v) is 9.76. The highest BCUT2D eigenvalue weighted by Gasteiger charge is 2.64. The molecule has 1 aromatic carbocycles. The van der Waals surface area contributed by atoms with Crippen molar-refractivity contribution in [3.63, 3.8) is 0 Å². The van der Waals surface area contributed by atoms with Crippen LogP contribution in [0, 0.1) is 5.92 Å². The molecule has 0 aliphatic carbocycles. The number of amides is 3. The first-order valence-corrected chi connectivity index (χ1v) is 17.0. The lowest BCUT2D eigenvalue weighted by molar-refractivity contribution is -0.154. The van der Waals surface area contributed by atoms with Crippen LogP contribution in [0.3, 0.4) is 0 Å². The van der Waals surface area contributed by atoms with Crippen LogP contribution in [-0.2, 0) is 39.8 Å². The first-order valence-electron chi connectivity index (χ1n) is 15.5. The maximum Gasteiger partial charge on any atom is 0.409 e. The summed E-state index contributed by atoms with van der Waals surface area (Å²) in [6.45, 7) is 7.07. The zero-order chi connectivity index (χ0) is 34.7. The molecule has 7 unspecified atom stereocenters. The standard InChI is InChI=1S/C33H43BrClN3O9/c1-18-8-7-9-21-10-11-22(35)23(14-21)38(5)28(40)15-25(46-29(41)13-19(2)36-27(39)17-34)32(4)30(47-32)20(3)24-16-33(43,26(12-18)44-6)37-31(42)45-24/h7-8,10-12,14,19-20,24-26,30,43H,9,13,15-17H2,1-6H3,(H,36,39)(H,37,42)/b8-7+,18-12+/t19?,20-,24?,25?,26?,30?,32?,33?/m0/s1. The molecule has 3 aliphatic heterocycles. The van der Waals surface area contributed by atoms with Gasteiger partial charge in [0.2, 0.25) is 11.8 Å². The highest BCUT2D eigenvalue weighted by atomic mass is 79.9. The number of anilines is 1. The average Bonchev–Trinajstić information content (AvgIpc) is 3.70. The Morgan fingerprint density at radius 1 is 1.32 bits per heavy atom. The molecule has 47 heavy (non-hydrogen) atoms. The predicted molar refractivity (Wildman–Crippen MR) is 178 cm³/mol. The summed E-state index contributed by atoms with van der Waals surface area (Å²) in [4.78, 5) is 52.9. The van der Waals surface area contributed by atoms with Crippen LogP contribution in [0.25, 0.3) is 0 Å². The van der Waals surface area contributed by atoms with Gasteiger partial charge in [0.25, 0.3) is 0 Å². The maximum atomic E-state index is 13.8. The van der Waals surface area contributed by atoms with Gasteiger partial charge in [0.15, 0.2) is 5.72 Å². The zero-order valence-electron chi connectivity index (χ0n) is 27.4. The largest absolute Gasteiger partial charge is 0.459 e. The van der Waals surface area contributed by atoms with Gasteiger partial charge in [-0.3, -0.25) is 19.7 Å². The fraction of sp³-hybridized carbons (Fsp3) is 0.576. The number of methoxy groups -OCH3 is 1. The van der Waals surface area contributed by atoms with Crippen LogP contribution in [0.2, 0.25) is 5.02 Å². The Morgan fingerprint density at radius 2 is 2.04 bits per heavy atom. The normalized spacial score (nSPS) is 33.7. The lowest BCUT2D eigenvalue weighted by Crippen LogP contribution is -2.63. The van der Waals surface area contributed by atoms with Gasteiger partial charge in [-0.05, 0) is 51.0 Å². The zero-order valence-corrected chi connectivity index (χ0v) is 29.7. The van der Waals surface area contributed by atoms with E-state index in [4.69, 9.17) is 30.5 Å². The van der Waals surface area contributed by atoms with E-state index in [1.807, 2.05) is 38.1 Å². The van der Waals surface area contributed by atoms with E-state index in [0.29, 0.717) is 17.1 Å². The second kappa shape index (κ2) is 15.1. The number of halogens is 2. The predicted octanol–water partition coefficient (Wildman–Crippen LogP) is 3.95. The van der Waals surface area contributed by atoms with E-state index < -0.39 is 59.8 Å². The Kier molecular flexibility index (Phi) is 11.8. The van der Waals surface area contributed by atoms with Gasteiger partial charge < -0.3 is 34.3 Å². The van der Waals surface area contributed by atoms with Crippen molar-refractivity contribution in [2.24, 2.45) is 5.92 Å². The van der Waals surface area contributed by atoms with E-state index >= 15 is 0 Å². The number of alkyl carbamates (subject to hydrolysis) is 1. The number of nitrogens with zero attached hydrogens (tertiary/aromatic N) is 1. The summed E-state index contributed by atoms with van der Waals surface area (Å²) in [5.41, 5.74) is -0.763. The highest BCUT2D eigenvalue weighted by molar-refractivity contribution is 9.09. The second-order valence-electron chi connectivity index (χ2n) is 12.7. The lowest BCUT2D eigenvalue weighted by atomic mass is 9.83. The van der Waals surface area contributed by atoms with E-state index in [2.05, 4.69) is 26.6 Å². The SMILES string of the molecule is COC1/C=C(C)/C=C/Cc2ccc(Cl)c(c2)N(C)C(=O)CC(OC(=O)CC(C)NC(=O)CBr)C2(C)OC2[C@@H](C)C2CC1(O)NC(=O)O2. The van der Waals surface area contributed by atoms with Crippen LogP contribution < -0.4 is 15.5 Å². The van der Waals surface area contributed by atoms with E-state index in [0.717, 1.165) is 11.1 Å². The number of carbonyl (C=O) groups excluding carboxylic acids is 4. The number of fused-ring (bicyclic) bond motifs is 5. The van der Waals surface area contributed by atoms with Crippen LogP contribution in [-0.4, -0.2) is 90.3 Å². The molecule has 8 atom stereocenters. The number of allylic oxidation sites excluding steroid dienone is 3. The average molecular weight is 741 g/mol. The van der Waals surface area contributed by atoms with Crippen LogP contribution in [0.15, 0.2) is 42.0 Å². The first-order chi connectivity index (χ1) is 22.1. The molecule has 1 aromatic rings. The van der Waals surface area contributed by atoms with Crippen molar-refractivity contribution in [3.8, 4) is 0 Å². The number of carbonyl (C=O) groups is 4. The number of hydrogen-bond donors (Lipinski definition) is 3. The summed E-state index contributed by atoms with van der Waals surface area (Å²) >= 11 is 9.63. The number of aliphatic hydroxyl groups is 1. The molecule has 0 radical (unpaired) electrons. The van der Waals surface area contributed by atoms with Gasteiger partial charge in [-0.15, -0.1) is 0 Å². The van der Waals surface area contributed by atoms with Crippen LogP contribution >= 0.6 is 27.5 Å². The third kappa shape index (κ3) is 8.74. The van der Waals surface area contributed by atoms with Crippen molar-refractivity contribution in [1.29, 1.82) is 0 Å². The number of ether oxygens (including phenoxy) is 4. The summed E-state index contributed by atoms with van der Waals surface area (Å²) in [6.07, 6.45) is 1.47. The van der Waals surface area contributed by atoms with Crippen molar-refractivity contribution in [2.45, 2.75) is 95.2 Å². The molecule has 12 nitrogen and oxygen atoms in total. The van der Waals surface area contributed by atoms with Crippen molar-refractivity contribution >= 4 is 57.1 Å². The molecule has 2 saturated heterocycles. The minimum absolute atomic E-state index is 0.0247. The molecule has 3 N–H and O–H groups in total. The molecule has 258 valence electrons. The summed E-state index contributed by atoms with van der Waals surface area (Å²) in [7, 11) is 3.05. The Hall–Kier alpha value is -2.97. The number of hydrogen-bond acceptors (Lipinski definition) is 9. The Bertz CT molecular complexity index is 1440. The molecule has 0 spiro atoms. The van der Waals surface area contributed by atoms with Gasteiger partial charge in [-0.25, -0.2) is 4.79 Å². The van der Waals surface area contributed by atoms with Crippen LogP contribution in [0.1, 0.15) is 52.5 Å². The van der Waals surface area contributed by atoms with Crippen molar-refractivity contribution in [1.82, 2.24) is 10.6 Å². The summed E-state index contributed by atoms with van der Waals surface area (Å²) in [5.74, 6) is -1.77. The molecule has 3 amide bonds. The third-order valence-electron chi connectivity index (χ3n) is 8.94. The molecule has 3 heterocycles. The number of rotatable bonds is 6. The van der Waals surface area contributed by atoms with E-state index in [1.54, 1.807) is 33.0 Å².